The van der Waals surface area contributed by atoms with Crippen molar-refractivity contribution in [2.75, 3.05) is 7.11 Å². The predicted octanol–water partition coefficient (Wildman–Crippen LogP) is 2.98. The van der Waals surface area contributed by atoms with Crippen LogP contribution in [0.5, 0.6) is 5.75 Å². The van der Waals surface area contributed by atoms with Gasteiger partial charge in [-0.3, -0.25) is 4.79 Å². The molecule has 94 valence electrons. The number of Topliss-reactive ketones (excluding diaryl/α,β-unsaturated/α-hetero) is 1. The van der Waals surface area contributed by atoms with Crippen LogP contribution in [0.4, 0.5) is 0 Å². The lowest BCUT2D eigenvalue weighted by Gasteiger charge is -2.17. The summed E-state index contributed by atoms with van der Waals surface area (Å²) < 4.78 is 5.21. The Kier molecular flexibility index (Phi) is 4.70. The quantitative estimate of drug-likeness (QED) is 0.799. The molecule has 0 radical (unpaired) electrons. The van der Waals surface area contributed by atoms with E-state index in [-0.39, 0.29) is 5.78 Å². The lowest BCUT2D eigenvalue weighted by molar-refractivity contribution is 0.101. The van der Waals surface area contributed by atoms with Crippen LogP contribution in [0.1, 0.15) is 49.2 Å². The van der Waals surface area contributed by atoms with Crippen molar-refractivity contribution in [1.29, 1.82) is 0 Å². The minimum absolute atomic E-state index is 0.00866. The third-order valence-corrected chi connectivity index (χ3v) is 2.69. The van der Waals surface area contributed by atoms with Crippen LogP contribution in [0.25, 0.3) is 0 Å². The molecular weight excluding hydrogens is 216 g/mol. The molecule has 0 aliphatic heterocycles. The second-order valence-corrected chi connectivity index (χ2v) is 4.66. The molecule has 1 atom stereocenters. The normalized spacial score (nSPS) is 12.6. The minimum Gasteiger partial charge on any atom is -0.496 e. The van der Waals surface area contributed by atoms with E-state index in [4.69, 9.17) is 4.74 Å². The Morgan fingerprint density at radius 2 is 2.06 bits per heavy atom. The Morgan fingerprint density at radius 3 is 2.53 bits per heavy atom. The van der Waals surface area contributed by atoms with E-state index in [0.29, 0.717) is 29.2 Å². The van der Waals surface area contributed by atoms with Crippen molar-refractivity contribution >= 4 is 5.78 Å². The number of aliphatic hydroxyl groups is 1. The molecular formula is C14H20O3. The van der Waals surface area contributed by atoms with Gasteiger partial charge in [-0.05, 0) is 37.5 Å². The number of carbonyl (C=O) groups excluding carboxylic acids is 1. The van der Waals surface area contributed by atoms with Gasteiger partial charge in [-0.2, -0.15) is 0 Å². The number of ketones is 1. The highest BCUT2D eigenvalue weighted by atomic mass is 16.5. The Bertz CT molecular complexity index is 396. The number of aliphatic hydroxyl groups excluding tert-OH is 1. The van der Waals surface area contributed by atoms with E-state index in [2.05, 4.69) is 0 Å². The summed E-state index contributed by atoms with van der Waals surface area (Å²) in [6, 6.07) is 5.16. The van der Waals surface area contributed by atoms with Crippen molar-refractivity contribution in [2.45, 2.75) is 33.3 Å². The Balaban J connectivity index is 3.09. The Labute approximate surface area is 102 Å². The Hall–Kier alpha value is -1.35. The third kappa shape index (κ3) is 3.56. The molecule has 0 aliphatic rings. The molecule has 0 saturated heterocycles. The maximum Gasteiger partial charge on any atom is 0.159 e. The fourth-order valence-electron chi connectivity index (χ4n) is 1.79. The standard InChI is InChI=1S/C14H20O3/c1-9(2)7-13(16)12-8-11(10(3)15)5-6-14(12)17-4/h5-6,8-9,13,16H,7H2,1-4H3. The average molecular weight is 236 g/mol. The SMILES string of the molecule is COc1ccc(C(C)=O)cc1C(O)CC(C)C. The van der Waals surface area contributed by atoms with Crippen molar-refractivity contribution in [3.63, 3.8) is 0 Å². The number of ether oxygens (including phenoxy) is 1. The molecule has 1 aromatic carbocycles. The van der Waals surface area contributed by atoms with Gasteiger partial charge in [-0.25, -0.2) is 0 Å². The highest BCUT2D eigenvalue weighted by Gasteiger charge is 2.16. The summed E-state index contributed by atoms with van der Waals surface area (Å²) in [5.41, 5.74) is 1.29. The molecule has 3 nitrogen and oxygen atoms in total. The van der Waals surface area contributed by atoms with Gasteiger partial charge >= 0.3 is 0 Å². The van der Waals surface area contributed by atoms with Crippen molar-refractivity contribution in [1.82, 2.24) is 0 Å². The van der Waals surface area contributed by atoms with Gasteiger partial charge in [0.25, 0.3) is 0 Å². The fourth-order valence-corrected chi connectivity index (χ4v) is 1.79. The molecule has 0 heterocycles. The third-order valence-electron chi connectivity index (χ3n) is 2.69. The van der Waals surface area contributed by atoms with E-state index in [9.17, 15) is 9.90 Å². The number of carbonyl (C=O) groups is 1. The van der Waals surface area contributed by atoms with E-state index in [0.717, 1.165) is 0 Å². The second-order valence-electron chi connectivity index (χ2n) is 4.66. The zero-order valence-electron chi connectivity index (χ0n) is 10.9. The maximum atomic E-state index is 11.3. The first kappa shape index (κ1) is 13.7. The van der Waals surface area contributed by atoms with Crippen LogP contribution in [-0.4, -0.2) is 18.0 Å². The number of hydrogen-bond acceptors (Lipinski definition) is 3. The van der Waals surface area contributed by atoms with Crippen LogP contribution in [0.15, 0.2) is 18.2 Å². The summed E-state index contributed by atoms with van der Waals surface area (Å²) in [5, 5.41) is 10.1. The summed E-state index contributed by atoms with van der Waals surface area (Å²) in [6.07, 6.45) is 0.0572. The molecule has 0 bridgehead atoms. The Morgan fingerprint density at radius 1 is 1.41 bits per heavy atom. The fraction of sp³-hybridized carbons (Fsp3) is 0.500. The first-order valence-electron chi connectivity index (χ1n) is 5.82. The van der Waals surface area contributed by atoms with E-state index >= 15 is 0 Å². The van der Waals surface area contributed by atoms with Crippen molar-refractivity contribution in [3.05, 3.63) is 29.3 Å². The van der Waals surface area contributed by atoms with Gasteiger partial charge in [0.15, 0.2) is 5.78 Å². The summed E-state index contributed by atoms with van der Waals surface area (Å²) in [5.74, 6) is 1.00. The molecule has 1 rings (SSSR count). The van der Waals surface area contributed by atoms with Crippen LogP contribution in [0.2, 0.25) is 0 Å². The lowest BCUT2D eigenvalue weighted by Crippen LogP contribution is -2.06. The van der Waals surface area contributed by atoms with E-state index in [1.54, 1.807) is 25.3 Å². The largest absolute Gasteiger partial charge is 0.496 e. The van der Waals surface area contributed by atoms with Crippen LogP contribution in [0, 0.1) is 5.92 Å². The van der Waals surface area contributed by atoms with E-state index in [1.165, 1.54) is 6.92 Å². The number of rotatable bonds is 5. The first-order chi connectivity index (χ1) is 7.95. The second kappa shape index (κ2) is 5.82. The number of methoxy groups -OCH3 is 1. The zero-order valence-corrected chi connectivity index (χ0v) is 10.9. The van der Waals surface area contributed by atoms with Gasteiger partial charge in [0.1, 0.15) is 5.75 Å². The van der Waals surface area contributed by atoms with Crippen molar-refractivity contribution < 1.29 is 14.6 Å². The van der Waals surface area contributed by atoms with Crippen molar-refractivity contribution in [2.24, 2.45) is 5.92 Å². The summed E-state index contributed by atoms with van der Waals surface area (Å²) >= 11 is 0. The van der Waals surface area contributed by atoms with Gasteiger partial charge in [0.2, 0.25) is 0 Å². The molecule has 1 unspecified atom stereocenters. The summed E-state index contributed by atoms with van der Waals surface area (Å²) in [4.78, 5) is 11.3. The van der Waals surface area contributed by atoms with Gasteiger partial charge < -0.3 is 9.84 Å². The molecule has 1 N–H and O–H groups in total. The van der Waals surface area contributed by atoms with Crippen LogP contribution >= 0.6 is 0 Å². The molecule has 0 aromatic heterocycles. The zero-order chi connectivity index (χ0) is 13.0. The number of benzene rings is 1. The lowest BCUT2D eigenvalue weighted by atomic mass is 9.96. The highest BCUT2D eigenvalue weighted by Crippen LogP contribution is 2.30. The molecule has 1 aromatic rings. The van der Waals surface area contributed by atoms with Crippen LogP contribution < -0.4 is 4.74 Å². The molecule has 17 heavy (non-hydrogen) atoms. The molecule has 0 saturated carbocycles. The van der Waals surface area contributed by atoms with Gasteiger partial charge in [-0.15, -0.1) is 0 Å². The number of hydrogen-bond donors (Lipinski definition) is 1. The molecule has 0 spiro atoms. The summed E-state index contributed by atoms with van der Waals surface area (Å²) in [7, 11) is 1.56. The van der Waals surface area contributed by atoms with E-state index < -0.39 is 6.10 Å². The van der Waals surface area contributed by atoms with Gasteiger partial charge in [0.05, 0.1) is 13.2 Å². The highest BCUT2D eigenvalue weighted by molar-refractivity contribution is 5.94. The minimum atomic E-state index is -0.593. The average Bonchev–Trinajstić information content (AvgIpc) is 2.27. The van der Waals surface area contributed by atoms with E-state index in [1.807, 2.05) is 13.8 Å². The smallest absolute Gasteiger partial charge is 0.159 e. The predicted molar refractivity (Wildman–Crippen MR) is 67.4 cm³/mol. The maximum absolute atomic E-state index is 11.3. The molecule has 3 heteroatoms. The molecule has 0 aliphatic carbocycles. The topological polar surface area (TPSA) is 46.5 Å². The first-order valence-corrected chi connectivity index (χ1v) is 5.82. The molecule has 0 fully saturated rings. The monoisotopic (exact) mass is 236 g/mol. The van der Waals surface area contributed by atoms with Gasteiger partial charge in [-0.1, -0.05) is 13.8 Å². The van der Waals surface area contributed by atoms with Gasteiger partial charge in [0, 0.05) is 11.1 Å². The molecule has 0 amide bonds. The van der Waals surface area contributed by atoms with Crippen LogP contribution in [0.3, 0.4) is 0 Å². The van der Waals surface area contributed by atoms with Crippen molar-refractivity contribution in [3.8, 4) is 5.75 Å². The summed E-state index contributed by atoms with van der Waals surface area (Å²) in [6.45, 7) is 5.61. The van der Waals surface area contributed by atoms with Crippen LogP contribution in [-0.2, 0) is 0 Å².